The minimum atomic E-state index is -0.503. The molecule has 3 aromatic rings. The predicted molar refractivity (Wildman–Crippen MR) is 91.7 cm³/mol. The van der Waals surface area contributed by atoms with Gasteiger partial charge in [0.15, 0.2) is 0 Å². The lowest BCUT2D eigenvalue weighted by Crippen LogP contribution is -2.33. The molecule has 2 N–H and O–H groups in total. The highest BCUT2D eigenvalue weighted by molar-refractivity contribution is 6.35. The Balaban J connectivity index is 1.95. The van der Waals surface area contributed by atoms with Gasteiger partial charge in [0, 0.05) is 18.6 Å². The lowest BCUT2D eigenvalue weighted by molar-refractivity contribution is 0.0961. The van der Waals surface area contributed by atoms with Crippen LogP contribution in [-0.2, 0) is 7.05 Å². The zero-order valence-corrected chi connectivity index (χ0v) is 13.1. The molecule has 0 unspecified atom stereocenters. The van der Waals surface area contributed by atoms with Crippen molar-refractivity contribution in [2.75, 3.05) is 5.43 Å². The molecule has 116 valence electrons. The van der Waals surface area contributed by atoms with Gasteiger partial charge >= 0.3 is 0 Å². The summed E-state index contributed by atoms with van der Waals surface area (Å²) in [5.74, 6) is -0.503. The SMILES string of the molecule is Cn1cc(C(=O)NNc2ccccc2)c(=O)c2cccc(Cl)c21. The molecule has 23 heavy (non-hydrogen) atoms. The molecule has 0 aliphatic carbocycles. The highest BCUT2D eigenvalue weighted by Crippen LogP contribution is 2.20. The van der Waals surface area contributed by atoms with Gasteiger partial charge in [0.05, 0.1) is 16.2 Å². The number of carbonyl (C=O) groups is 1. The third kappa shape index (κ3) is 2.91. The summed E-state index contributed by atoms with van der Waals surface area (Å²) in [7, 11) is 1.75. The second kappa shape index (κ2) is 6.14. The van der Waals surface area contributed by atoms with Gasteiger partial charge in [-0.15, -0.1) is 0 Å². The Morgan fingerprint density at radius 2 is 1.83 bits per heavy atom. The summed E-state index contributed by atoms with van der Waals surface area (Å²) < 4.78 is 1.68. The van der Waals surface area contributed by atoms with Gasteiger partial charge in [-0.05, 0) is 24.3 Å². The minimum Gasteiger partial charge on any atom is -0.348 e. The number of aromatic nitrogens is 1. The maximum atomic E-state index is 12.5. The van der Waals surface area contributed by atoms with E-state index < -0.39 is 5.91 Å². The third-order valence-corrected chi connectivity index (χ3v) is 3.80. The van der Waals surface area contributed by atoms with Crippen LogP contribution >= 0.6 is 11.6 Å². The lowest BCUT2D eigenvalue weighted by atomic mass is 10.1. The summed E-state index contributed by atoms with van der Waals surface area (Å²) in [5.41, 5.74) is 6.32. The van der Waals surface area contributed by atoms with Crippen molar-refractivity contribution in [3.05, 3.63) is 75.5 Å². The van der Waals surface area contributed by atoms with E-state index in [1.165, 1.54) is 6.20 Å². The number of carbonyl (C=O) groups excluding carboxylic acids is 1. The standard InChI is InChI=1S/C17H14ClN3O2/c1-21-10-13(16(22)12-8-5-9-14(18)15(12)21)17(23)20-19-11-6-3-2-4-7-11/h2-10,19H,1H3,(H,20,23). The van der Waals surface area contributed by atoms with Crippen molar-refractivity contribution >= 4 is 34.1 Å². The van der Waals surface area contributed by atoms with Gasteiger partial charge < -0.3 is 4.57 Å². The molecule has 0 aliphatic rings. The first-order chi connectivity index (χ1) is 11.1. The van der Waals surface area contributed by atoms with E-state index in [0.29, 0.717) is 15.9 Å². The van der Waals surface area contributed by atoms with Crippen molar-refractivity contribution in [1.29, 1.82) is 0 Å². The number of aryl methyl sites for hydroxylation is 1. The molecule has 0 atom stereocenters. The number of nitrogens with zero attached hydrogens (tertiary/aromatic N) is 1. The normalized spacial score (nSPS) is 10.5. The van der Waals surface area contributed by atoms with Crippen LogP contribution in [0.2, 0.25) is 5.02 Å². The van der Waals surface area contributed by atoms with Crippen LogP contribution in [-0.4, -0.2) is 10.5 Å². The lowest BCUT2D eigenvalue weighted by Gasteiger charge is -2.11. The molecule has 0 aliphatic heterocycles. The van der Waals surface area contributed by atoms with Crippen molar-refractivity contribution in [2.24, 2.45) is 7.05 Å². The van der Waals surface area contributed by atoms with Crippen LogP contribution in [0.4, 0.5) is 5.69 Å². The summed E-state index contributed by atoms with van der Waals surface area (Å²) in [4.78, 5) is 24.8. The number of rotatable bonds is 3. The molecular weight excluding hydrogens is 314 g/mol. The van der Waals surface area contributed by atoms with Crippen LogP contribution in [0.1, 0.15) is 10.4 Å². The second-order valence-electron chi connectivity index (χ2n) is 5.06. The average molecular weight is 328 g/mol. The van der Waals surface area contributed by atoms with Crippen LogP contribution < -0.4 is 16.3 Å². The molecule has 0 spiro atoms. The molecule has 5 nitrogen and oxygen atoms in total. The van der Waals surface area contributed by atoms with Crippen LogP contribution in [0.3, 0.4) is 0 Å². The summed E-state index contributed by atoms with van der Waals surface area (Å²) in [5, 5.41) is 0.879. The fraction of sp³-hybridized carbons (Fsp3) is 0.0588. The van der Waals surface area contributed by atoms with E-state index in [0.717, 1.165) is 5.69 Å². The number of para-hydroxylation sites is 2. The van der Waals surface area contributed by atoms with Crippen molar-refractivity contribution in [3.8, 4) is 0 Å². The highest BCUT2D eigenvalue weighted by Gasteiger charge is 2.15. The van der Waals surface area contributed by atoms with Gasteiger partial charge in [0.2, 0.25) is 5.43 Å². The number of halogens is 1. The topological polar surface area (TPSA) is 63.1 Å². The molecule has 6 heteroatoms. The summed E-state index contributed by atoms with van der Waals surface area (Å²) in [6, 6.07) is 14.2. The second-order valence-corrected chi connectivity index (χ2v) is 5.47. The fourth-order valence-electron chi connectivity index (χ4n) is 2.40. The first kappa shape index (κ1) is 15.1. The number of hydrogen-bond donors (Lipinski definition) is 2. The monoisotopic (exact) mass is 327 g/mol. The van der Waals surface area contributed by atoms with E-state index in [9.17, 15) is 9.59 Å². The summed E-state index contributed by atoms with van der Waals surface area (Å²) in [6.07, 6.45) is 1.48. The van der Waals surface area contributed by atoms with E-state index in [2.05, 4.69) is 10.9 Å². The Bertz CT molecular complexity index is 936. The number of benzene rings is 2. The van der Waals surface area contributed by atoms with Crippen molar-refractivity contribution in [2.45, 2.75) is 0 Å². The van der Waals surface area contributed by atoms with Crippen LogP contribution in [0, 0.1) is 0 Å². The van der Waals surface area contributed by atoms with Crippen molar-refractivity contribution in [1.82, 2.24) is 9.99 Å². The van der Waals surface area contributed by atoms with Crippen LogP contribution in [0.15, 0.2) is 59.5 Å². The van der Waals surface area contributed by atoms with E-state index in [4.69, 9.17) is 11.6 Å². The number of fused-ring (bicyclic) bond motifs is 1. The van der Waals surface area contributed by atoms with Gasteiger partial charge in [0.25, 0.3) is 5.91 Å². The van der Waals surface area contributed by atoms with Crippen molar-refractivity contribution in [3.63, 3.8) is 0 Å². The Kier molecular flexibility index (Phi) is 4.04. The zero-order valence-electron chi connectivity index (χ0n) is 12.3. The zero-order chi connectivity index (χ0) is 16.4. The van der Waals surface area contributed by atoms with E-state index in [1.807, 2.05) is 18.2 Å². The molecule has 1 heterocycles. The fourth-order valence-corrected chi connectivity index (χ4v) is 2.71. The number of anilines is 1. The van der Waals surface area contributed by atoms with Gasteiger partial charge in [-0.25, -0.2) is 0 Å². The molecule has 1 aromatic heterocycles. The molecule has 0 saturated heterocycles. The maximum absolute atomic E-state index is 12.5. The Hall–Kier alpha value is -2.79. The van der Waals surface area contributed by atoms with Crippen LogP contribution in [0.5, 0.6) is 0 Å². The van der Waals surface area contributed by atoms with Crippen molar-refractivity contribution < 1.29 is 4.79 Å². The van der Waals surface area contributed by atoms with Crippen LogP contribution in [0.25, 0.3) is 10.9 Å². The molecule has 1 amide bonds. The van der Waals surface area contributed by atoms with Gasteiger partial charge in [0.1, 0.15) is 5.56 Å². The Labute approximate surface area is 137 Å². The Morgan fingerprint density at radius 3 is 2.57 bits per heavy atom. The third-order valence-electron chi connectivity index (χ3n) is 3.49. The number of amides is 1. The first-order valence-electron chi connectivity index (χ1n) is 6.97. The van der Waals surface area contributed by atoms with Gasteiger partial charge in [-0.1, -0.05) is 35.9 Å². The summed E-state index contributed by atoms with van der Waals surface area (Å²) in [6.45, 7) is 0. The summed E-state index contributed by atoms with van der Waals surface area (Å²) >= 11 is 6.13. The number of hydrazine groups is 1. The molecule has 0 bridgehead atoms. The number of nitrogens with one attached hydrogen (secondary N) is 2. The number of pyridine rings is 1. The largest absolute Gasteiger partial charge is 0.348 e. The molecule has 3 rings (SSSR count). The minimum absolute atomic E-state index is 0.0469. The highest BCUT2D eigenvalue weighted by atomic mass is 35.5. The molecular formula is C17H14ClN3O2. The molecule has 2 aromatic carbocycles. The van der Waals surface area contributed by atoms with E-state index in [1.54, 1.807) is 41.9 Å². The quantitative estimate of drug-likeness (QED) is 0.727. The van der Waals surface area contributed by atoms with E-state index in [-0.39, 0.29) is 11.0 Å². The van der Waals surface area contributed by atoms with E-state index >= 15 is 0 Å². The number of hydrogen-bond acceptors (Lipinski definition) is 3. The predicted octanol–water partition coefficient (Wildman–Crippen LogP) is 2.95. The first-order valence-corrected chi connectivity index (χ1v) is 7.35. The molecule has 0 fully saturated rings. The molecule has 0 saturated carbocycles. The Morgan fingerprint density at radius 1 is 1.09 bits per heavy atom. The van der Waals surface area contributed by atoms with Gasteiger partial charge in [-0.2, -0.15) is 0 Å². The smallest absolute Gasteiger partial charge is 0.275 e. The average Bonchev–Trinajstić information content (AvgIpc) is 2.56. The molecule has 0 radical (unpaired) electrons. The van der Waals surface area contributed by atoms with Gasteiger partial charge in [-0.3, -0.25) is 20.4 Å². The maximum Gasteiger partial charge on any atom is 0.275 e.